The molecule has 0 atom stereocenters. The molecule has 0 amide bonds. The second kappa shape index (κ2) is 5.85. The number of anilines is 2. The first kappa shape index (κ1) is 13.5. The van der Waals surface area contributed by atoms with Crippen molar-refractivity contribution in [1.82, 2.24) is 14.8 Å². The predicted molar refractivity (Wildman–Crippen MR) is 84.6 cm³/mol. The number of hydrogen-bond acceptors (Lipinski definition) is 4. The van der Waals surface area contributed by atoms with Gasteiger partial charge in [0.15, 0.2) is 0 Å². The van der Waals surface area contributed by atoms with E-state index in [0.717, 1.165) is 16.3 Å². The maximum Gasteiger partial charge on any atom is 0.244 e. The zero-order valence-corrected chi connectivity index (χ0v) is 12.0. The van der Waals surface area contributed by atoms with E-state index >= 15 is 0 Å². The van der Waals surface area contributed by atoms with Gasteiger partial charge in [-0.2, -0.15) is 9.67 Å². The zero-order chi connectivity index (χ0) is 14.7. The number of rotatable bonds is 4. The topological polar surface area (TPSA) is 68.8 Å². The molecule has 5 nitrogen and oxygen atoms in total. The average molecular weight is 300 g/mol. The van der Waals surface area contributed by atoms with Crippen molar-refractivity contribution >= 4 is 23.5 Å². The molecule has 0 unspecified atom stereocenters. The fourth-order valence-electron chi connectivity index (χ4n) is 1.94. The Morgan fingerprint density at radius 2 is 1.76 bits per heavy atom. The number of aromatic nitrogens is 3. The van der Waals surface area contributed by atoms with E-state index in [1.165, 1.54) is 0 Å². The highest BCUT2D eigenvalue weighted by Gasteiger charge is 2.08. The van der Waals surface area contributed by atoms with Crippen LogP contribution in [0.3, 0.4) is 0 Å². The number of benzene rings is 2. The first-order chi connectivity index (χ1) is 10.2. The maximum atomic E-state index is 5.89. The van der Waals surface area contributed by atoms with Gasteiger partial charge in [-0.1, -0.05) is 41.9 Å². The van der Waals surface area contributed by atoms with E-state index in [-0.39, 0.29) is 0 Å². The van der Waals surface area contributed by atoms with Gasteiger partial charge in [0, 0.05) is 11.6 Å². The van der Waals surface area contributed by atoms with E-state index in [1.54, 1.807) is 4.68 Å². The van der Waals surface area contributed by atoms with Gasteiger partial charge in [0.25, 0.3) is 0 Å². The predicted octanol–water partition coefficient (Wildman–Crippen LogP) is 3.12. The van der Waals surface area contributed by atoms with Crippen molar-refractivity contribution in [2.75, 3.05) is 11.1 Å². The normalized spacial score (nSPS) is 10.5. The molecule has 3 rings (SSSR count). The first-order valence-corrected chi connectivity index (χ1v) is 6.86. The summed E-state index contributed by atoms with van der Waals surface area (Å²) in [6.07, 6.45) is 0. The largest absolute Gasteiger partial charge is 0.368 e. The molecule has 0 aliphatic heterocycles. The van der Waals surface area contributed by atoms with Gasteiger partial charge in [-0.25, -0.2) is 0 Å². The van der Waals surface area contributed by atoms with Crippen molar-refractivity contribution in [3.8, 4) is 5.69 Å². The number of hydrogen-bond donors (Lipinski definition) is 2. The van der Waals surface area contributed by atoms with E-state index in [4.69, 9.17) is 17.3 Å². The summed E-state index contributed by atoms with van der Waals surface area (Å²) in [4.78, 5) is 4.21. The van der Waals surface area contributed by atoms with Gasteiger partial charge in [0.05, 0.1) is 5.69 Å². The number of halogens is 1. The lowest BCUT2D eigenvalue weighted by Crippen LogP contribution is -2.03. The van der Waals surface area contributed by atoms with Crippen LogP contribution in [0.5, 0.6) is 0 Å². The Morgan fingerprint density at radius 1 is 1.05 bits per heavy atom. The van der Waals surface area contributed by atoms with E-state index < -0.39 is 0 Å². The zero-order valence-electron chi connectivity index (χ0n) is 11.2. The fraction of sp³-hybridized carbons (Fsp3) is 0.0667. The van der Waals surface area contributed by atoms with Crippen LogP contribution in [0.15, 0.2) is 54.6 Å². The molecule has 1 aromatic heterocycles. The minimum Gasteiger partial charge on any atom is -0.368 e. The number of para-hydroxylation sites is 1. The van der Waals surface area contributed by atoms with Crippen LogP contribution in [0.4, 0.5) is 11.9 Å². The van der Waals surface area contributed by atoms with Crippen molar-refractivity contribution < 1.29 is 0 Å². The lowest BCUT2D eigenvalue weighted by molar-refractivity contribution is 0.887. The third-order valence-corrected chi connectivity index (χ3v) is 3.25. The number of nitrogen functional groups attached to an aromatic ring is 1. The quantitative estimate of drug-likeness (QED) is 0.776. The minimum absolute atomic E-state index is 0.347. The van der Waals surface area contributed by atoms with Crippen LogP contribution < -0.4 is 11.1 Å². The average Bonchev–Trinajstić information content (AvgIpc) is 2.89. The SMILES string of the molecule is Nc1nc(NCc2ccc(Cl)cc2)nn1-c1ccccc1. The summed E-state index contributed by atoms with van der Waals surface area (Å²) >= 11 is 5.86. The second-order valence-corrected chi connectivity index (χ2v) is 4.96. The number of nitrogens with zero attached hydrogens (tertiary/aromatic N) is 3. The highest BCUT2D eigenvalue weighted by Crippen LogP contribution is 2.14. The monoisotopic (exact) mass is 299 g/mol. The molecule has 0 bridgehead atoms. The summed E-state index contributed by atoms with van der Waals surface area (Å²) in [5.74, 6) is 0.839. The molecule has 6 heteroatoms. The van der Waals surface area contributed by atoms with E-state index in [1.807, 2.05) is 54.6 Å². The van der Waals surface area contributed by atoms with Crippen LogP contribution in [0.2, 0.25) is 5.02 Å². The summed E-state index contributed by atoms with van der Waals surface area (Å²) in [6, 6.07) is 17.2. The van der Waals surface area contributed by atoms with Crippen LogP contribution in [-0.2, 0) is 6.54 Å². The Morgan fingerprint density at radius 3 is 2.48 bits per heavy atom. The van der Waals surface area contributed by atoms with Gasteiger partial charge < -0.3 is 11.1 Å². The molecule has 0 saturated heterocycles. The molecule has 0 fully saturated rings. The molecule has 3 N–H and O–H groups in total. The summed E-state index contributed by atoms with van der Waals surface area (Å²) in [6.45, 7) is 0.607. The first-order valence-electron chi connectivity index (χ1n) is 6.48. The Labute approximate surface area is 127 Å². The van der Waals surface area contributed by atoms with Gasteiger partial charge in [0.1, 0.15) is 0 Å². The van der Waals surface area contributed by atoms with Crippen molar-refractivity contribution in [3.05, 3.63) is 65.2 Å². The summed E-state index contributed by atoms with van der Waals surface area (Å²) < 4.78 is 1.60. The molecule has 1 heterocycles. The van der Waals surface area contributed by atoms with E-state index in [9.17, 15) is 0 Å². The molecule has 0 spiro atoms. The molecule has 0 aliphatic carbocycles. The minimum atomic E-state index is 0.347. The number of nitrogens with two attached hydrogens (primary N) is 1. The smallest absolute Gasteiger partial charge is 0.244 e. The Kier molecular flexibility index (Phi) is 3.75. The molecule has 21 heavy (non-hydrogen) atoms. The number of nitrogens with one attached hydrogen (secondary N) is 1. The van der Waals surface area contributed by atoms with Crippen LogP contribution in [0.1, 0.15) is 5.56 Å². The Balaban J connectivity index is 1.74. The molecule has 106 valence electrons. The van der Waals surface area contributed by atoms with Crippen LogP contribution in [-0.4, -0.2) is 14.8 Å². The van der Waals surface area contributed by atoms with E-state index in [0.29, 0.717) is 18.4 Å². The highest BCUT2D eigenvalue weighted by molar-refractivity contribution is 6.30. The maximum absolute atomic E-state index is 5.89. The van der Waals surface area contributed by atoms with E-state index in [2.05, 4.69) is 15.4 Å². The highest BCUT2D eigenvalue weighted by atomic mass is 35.5. The molecule has 3 aromatic rings. The third kappa shape index (κ3) is 3.14. The van der Waals surface area contributed by atoms with Gasteiger partial charge >= 0.3 is 0 Å². The second-order valence-electron chi connectivity index (χ2n) is 4.52. The molecule has 0 aliphatic rings. The molecular formula is C15H14ClN5. The standard InChI is InChI=1S/C15H14ClN5/c16-12-8-6-11(7-9-12)10-18-15-19-14(17)21(20-15)13-4-2-1-3-5-13/h1-9H,10H2,(H3,17,18,19,20). The summed E-state index contributed by atoms with van der Waals surface area (Å²) in [5.41, 5.74) is 7.86. The Hall–Kier alpha value is -2.53. The van der Waals surface area contributed by atoms with Crippen LogP contribution in [0, 0.1) is 0 Å². The van der Waals surface area contributed by atoms with Crippen LogP contribution in [0.25, 0.3) is 5.69 Å². The van der Waals surface area contributed by atoms with Crippen molar-refractivity contribution in [3.63, 3.8) is 0 Å². The van der Waals surface area contributed by atoms with Gasteiger partial charge in [-0.3, -0.25) is 0 Å². The Bertz CT molecular complexity index is 722. The lowest BCUT2D eigenvalue weighted by Gasteiger charge is -2.02. The molecular weight excluding hydrogens is 286 g/mol. The van der Waals surface area contributed by atoms with Crippen molar-refractivity contribution in [2.45, 2.75) is 6.54 Å². The summed E-state index contributed by atoms with van der Waals surface area (Å²) in [5, 5.41) is 8.22. The molecule has 2 aromatic carbocycles. The molecule has 0 saturated carbocycles. The van der Waals surface area contributed by atoms with Gasteiger partial charge in [-0.05, 0) is 29.8 Å². The van der Waals surface area contributed by atoms with Gasteiger partial charge in [-0.15, -0.1) is 5.10 Å². The summed E-state index contributed by atoms with van der Waals surface area (Å²) in [7, 11) is 0. The van der Waals surface area contributed by atoms with Crippen LogP contribution >= 0.6 is 11.6 Å². The molecule has 0 radical (unpaired) electrons. The van der Waals surface area contributed by atoms with Crippen molar-refractivity contribution in [1.29, 1.82) is 0 Å². The third-order valence-electron chi connectivity index (χ3n) is 3.00. The van der Waals surface area contributed by atoms with Crippen molar-refractivity contribution in [2.24, 2.45) is 0 Å². The lowest BCUT2D eigenvalue weighted by atomic mass is 10.2. The fourth-order valence-corrected chi connectivity index (χ4v) is 2.07. The van der Waals surface area contributed by atoms with Gasteiger partial charge in [0.2, 0.25) is 11.9 Å².